The second-order valence-corrected chi connectivity index (χ2v) is 11.8. The van der Waals surface area contributed by atoms with E-state index < -0.39 is 30.4 Å². The quantitative estimate of drug-likeness (QED) is 0.0443. The molecule has 0 aromatic rings. The van der Waals surface area contributed by atoms with Crippen molar-refractivity contribution in [1.82, 2.24) is 0 Å². The summed E-state index contributed by atoms with van der Waals surface area (Å²) in [6.07, 6.45) is 29.8. The minimum Gasteiger partial charge on any atom is -0.464 e. The van der Waals surface area contributed by atoms with E-state index in [2.05, 4.69) is 13.8 Å². The predicted octanol–water partition coefficient (Wildman–Crippen LogP) is 11.6. The molecule has 0 amide bonds. The molecule has 40 heavy (non-hydrogen) atoms. The van der Waals surface area contributed by atoms with Gasteiger partial charge in [-0.3, -0.25) is 9.59 Å². The monoisotopic (exact) mass is 592 g/mol. The third kappa shape index (κ3) is 31.8. The number of unbranched alkanes of at least 4 members (excludes halogenated alkanes) is 24. The third-order valence-electron chi connectivity index (χ3n) is 7.48. The highest BCUT2D eigenvalue weighted by Gasteiger charge is 2.12. The van der Waals surface area contributed by atoms with E-state index >= 15 is 0 Å². The first kappa shape index (κ1) is 30.7. The maximum Gasteiger partial charge on any atom is 0.305 e. The summed E-state index contributed by atoms with van der Waals surface area (Å²) in [5.41, 5.74) is 0. The average molecular weight is 592 g/mol. The number of alkyl halides is 1. The molecule has 0 rings (SSSR count). The maximum atomic E-state index is 12.3. The Hall–Kier alpha value is -0.770. The Balaban J connectivity index is 4.10. The second kappa shape index (κ2) is 32.7. The molecular formula is C35H67ClO4. The summed E-state index contributed by atoms with van der Waals surface area (Å²) in [5.74, 6) is -1.79. The van der Waals surface area contributed by atoms with Crippen molar-refractivity contribution in [2.24, 2.45) is 0 Å². The molecule has 0 heterocycles. The Kier molecular flexibility index (Phi) is 25.1. The zero-order valence-corrected chi connectivity index (χ0v) is 27.1. The van der Waals surface area contributed by atoms with Gasteiger partial charge in [-0.05, 0) is 12.8 Å². The lowest BCUT2D eigenvalue weighted by Gasteiger charge is -2.11. The van der Waals surface area contributed by atoms with Gasteiger partial charge in [0.05, 0.1) is 6.85 Å². The largest absolute Gasteiger partial charge is 0.464 e. The number of hydrogen-bond donors (Lipinski definition) is 0. The van der Waals surface area contributed by atoms with Crippen LogP contribution < -0.4 is 0 Å². The molecule has 0 aliphatic rings. The smallest absolute Gasteiger partial charge is 0.305 e. The standard InChI is InChI=1S/C35H67ClO4/c1-3-5-7-9-11-13-15-17-19-21-23-25-27-29-34(37)39-31-33(36)32-40-35(38)30-28-26-24-22-20-18-16-14-12-10-8-6-4-2/h33H,3-32H2,1-2H3/i31D2,32D2,33D. The molecule has 238 valence electrons. The summed E-state index contributed by atoms with van der Waals surface area (Å²) in [6, 6.07) is 0. The minimum absolute atomic E-state index is 0.0495. The molecule has 0 aliphatic carbocycles. The number of hydrogen-bond acceptors (Lipinski definition) is 4. The molecule has 0 saturated heterocycles. The van der Waals surface area contributed by atoms with Crippen molar-refractivity contribution in [1.29, 1.82) is 0 Å². The lowest BCUT2D eigenvalue weighted by atomic mass is 10.0. The molecule has 0 aromatic carbocycles. The summed E-state index contributed by atoms with van der Waals surface area (Å²) in [4.78, 5) is 24.5. The van der Waals surface area contributed by atoms with Crippen molar-refractivity contribution in [3.63, 3.8) is 0 Å². The van der Waals surface area contributed by atoms with Crippen LogP contribution in [0.2, 0.25) is 0 Å². The lowest BCUT2D eigenvalue weighted by molar-refractivity contribution is -0.146. The third-order valence-corrected chi connectivity index (χ3v) is 7.63. The van der Waals surface area contributed by atoms with E-state index in [4.69, 9.17) is 27.9 Å². The van der Waals surface area contributed by atoms with Gasteiger partial charge in [0.15, 0.2) is 0 Å². The van der Waals surface area contributed by atoms with Crippen LogP contribution in [-0.2, 0) is 19.1 Å². The van der Waals surface area contributed by atoms with Gasteiger partial charge in [0, 0.05) is 12.8 Å². The van der Waals surface area contributed by atoms with Gasteiger partial charge < -0.3 is 9.47 Å². The molecule has 0 N–H and O–H groups in total. The fourth-order valence-corrected chi connectivity index (χ4v) is 4.98. The zero-order chi connectivity index (χ0) is 33.9. The minimum atomic E-state index is -3.21. The maximum absolute atomic E-state index is 12.3. The van der Waals surface area contributed by atoms with Crippen LogP contribution in [-0.4, -0.2) is 30.4 Å². The van der Waals surface area contributed by atoms with E-state index in [1.807, 2.05) is 0 Å². The number of halogens is 1. The van der Waals surface area contributed by atoms with Crippen molar-refractivity contribution < 1.29 is 25.9 Å². The number of ether oxygens (including phenoxy) is 2. The number of carbonyl (C=O) groups excluding carboxylic acids is 2. The summed E-state index contributed by atoms with van der Waals surface area (Å²) in [7, 11) is 0. The van der Waals surface area contributed by atoms with Crippen LogP contribution in [0.25, 0.3) is 0 Å². The van der Waals surface area contributed by atoms with Crippen molar-refractivity contribution in [2.75, 3.05) is 13.1 Å². The fourth-order valence-electron chi connectivity index (χ4n) is 4.90. The molecule has 0 unspecified atom stereocenters. The molecule has 0 bridgehead atoms. The van der Waals surface area contributed by atoms with Gasteiger partial charge in [0.1, 0.15) is 18.5 Å². The van der Waals surface area contributed by atoms with Gasteiger partial charge in [0.2, 0.25) is 0 Å². The second-order valence-electron chi connectivity index (χ2n) is 11.5. The Labute approximate surface area is 261 Å². The first-order chi connectivity index (χ1) is 21.4. The first-order valence-electron chi connectivity index (χ1n) is 19.5. The highest BCUT2D eigenvalue weighted by atomic mass is 35.5. The summed E-state index contributed by atoms with van der Waals surface area (Å²) >= 11 is 5.94. The van der Waals surface area contributed by atoms with Gasteiger partial charge in [0.25, 0.3) is 0 Å². The molecule has 0 fully saturated rings. The van der Waals surface area contributed by atoms with Gasteiger partial charge in [-0.1, -0.05) is 168 Å². The van der Waals surface area contributed by atoms with Crippen molar-refractivity contribution in [3.05, 3.63) is 0 Å². The molecule has 0 radical (unpaired) electrons. The molecule has 0 atom stereocenters. The van der Waals surface area contributed by atoms with E-state index in [0.717, 1.165) is 38.5 Å². The highest BCUT2D eigenvalue weighted by Crippen LogP contribution is 2.15. The Morgan fingerprint density at radius 3 is 0.975 bits per heavy atom. The zero-order valence-electron chi connectivity index (χ0n) is 31.3. The normalized spacial score (nSPS) is 14.1. The summed E-state index contributed by atoms with van der Waals surface area (Å²) in [6.45, 7) is -1.96. The van der Waals surface area contributed by atoms with Crippen LogP contribution in [0.15, 0.2) is 0 Å². The Bertz CT molecular complexity index is 679. The van der Waals surface area contributed by atoms with Crippen LogP contribution in [0, 0.1) is 0 Å². The lowest BCUT2D eigenvalue weighted by Crippen LogP contribution is -2.21. The van der Waals surface area contributed by atoms with Crippen LogP contribution in [0.1, 0.15) is 200 Å². The average Bonchev–Trinajstić information content (AvgIpc) is 2.97. The molecule has 0 aliphatic heterocycles. The SMILES string of the molecule is [2H]C([2H])(OC(=O)CCCCCCCCCCCCCCC)C([2H])(Cl)C([2H])([2H])OC(=O)CCCCCCCCCCCCCCC. The van der Waals surface area contributed by atoms with Gasteiger partial charge in [-0.2, -0.15) is 0 Å². The summed E-state index contributed by atoms with van der Waals surface area (Å²) < 4.78 is 49.8. The Morgan fingerprint density at radius 1 is 0.500 bits per heavy atom. The van der Waals surface area contributed by atoms with Gasteiger partial charge in [-0.25, -0.2) is 0 Å². The number of esters is 2. The van der Waals surface area contributed by atoms with Crippen molar-refractivity contribution in [2.45, 2.75) is 199 Å². The van der Waals surface area contributed by atoms with E-state index in [-0.39, 0.29) is 12.8 Å². The molecule has 5 heteroatoms. The highest BCUT2D eigenvalue weighted by molar-refractivity contribution is 6.21. The van der Waals surface area contributed by atoms with E-state index in [1.54, 1.807) is 0 Å². The first-order valence-corrected chi connectivity index (χ1v) is 17.4. The van der Waals surface area contributed by atoms with E-state index in [1.165, 1.54) is 116 Å². The fraction of sp³-hybridized carbons (Fsp3) is 0.943. The van der Waals surface area contributed by atoms with Crippen molar-refractivity contribution in [3.8, 4) is 0 Å². The van der Waals surface area contributed by atoms with Crippen LogP contribution in [0.4, 0.5) is 0 Å². The molecular weight excluding hydrogens is 520 g/mol. The number of rotatable bonds is 32. The molecule has 0 spiro atoms. The topological polar surface area (TPSA) is 52.6 Å². The summed E-state index contributed by atoms with van der Waals surface area (Å²) in [5, 5.41) is -3.17. The molecule has 0 saturated carbocycles. The van der Waals surface area contributed by atoms with Gasteiger partial charge >= 0.3 is 11.9 Å². The molecule has 0 aromatic heterocycles. The van der Waals surface area contributed by atoms with Gasteiger partial charge in [-0.15, -0.1) is 11.6 Å². The van der Waals surface area contributed by atoms with Crippen LogP contribution >= 0.6 is 11.6 Å². The molecule has 4 nitrogen and oxygen atoms in total. The van der Waals surface area contributed by atoms with Crippen LogP contribution in [0.3, 0.4) is 0 Å². The number of carbonyl (C=O) groups is 2. The Morgan fingerprint density at radius 2 is 0.725 bits per heavy atom. The van der Waals surface area contributed by atoms with E-state index in [9.17, 15) is 9.59 Å². The van der Waals surface area contributed by atoms with Crippen molar-refractivity contribution >= 4 is 23.5 Å². The predicted molar refractivity (Wildman–Crippen MR) is 172 cm³/mol. The van der Waals surface area contributed by atoms with E-state index in [0.29, 0.717) is 12.8 Å². The van der Waals surface area contributed by atoms with Crippen LogP contribution in [0.5, 0.6) is 0 Å².